The molecule has 1 heterocycles. The quantitative estimate of drug-likeness (QED) is 0.129. The topological polar surface area (TPSA) is 111 Å². The first-order valence-corrected chi connectivity index (χ1v) is 13.8. The average Bonchev–Trinajstić information content (AvgIpc) is 2.91. The molecule has 1 aliphatic heterocycles. The number of ether oxygens (including phenoxy) is 3. The summed E-state index contributed by atoms with van der Waals surface area (Å²) in [6, 6.07) is 8.23. The molecule has 1 N–H and O–H groups in total. The first kappa shape index (κ1) is 29.9. The number of nitrogens with zero attached hydrogens (tertiary/aromatic N) is 1. The second-order valence-electron chi connectivity index (χ2n) is 8.88. The van der Waals surface area contributed by atoms with Crippen LogP contribution in [0, 0.1) is 0 Å². The Bertz CT molecular complexity index is 1240. The predicted molar refractivity (Wildman–Crippen MR) is 151 cm³/mol. The number of methoxy groups -OCH3 is 1. The van der Waals surface area contributed by atoms with Gasteiger partial charge < -0.3 is 14.2 Å². The molecule has 0 saturated carbocycles. The normalized spacial score (nSPS) is 14.4. The highest BCUT2D eigenvalue weighted by atomic mass is 79.9. The van der Waals surface area contributed by atoms with E-state index in [2.05, 4.69) is 32.9 Å². The number of hydrogen-bond acceptors (Lipinski definition) is 7. The van der Waals surface area contributed by atoms with Crippen LogP contribution in [-0.2, 0) is 14.3 Å². The van der Waals surface area contributed by atoms with Gasteiger partial charge >= 0.3 is 12.0 Å². The molecule has 3 rings (SSSR count). The average molecular weight is 601 g/mol. The number of imide groups is 2. The van der Waals surface area contributed by atoms with Crippen LogP contribution in [0.15, 0.2) is 46.4 Å². The van der Waals surface area contributed by atoms with E-state index < -0.39 is 23.8 Å². The molecule has 4 amide bonds. The van der Waals surface area contributed by atoms with Crippen molar-refractivity contribution >= 4 is 51.5 Å². The SMILES string of the molecule is CCCCCCCCOc1c(Br)cc(/C=C2/C(=O)NC(=O)N(c3ccc(C(=O)OC)cc3)C2=O)cc1OCC. The van der Waals surface area contributed by atoms with Gasteiger partial charge in [-0.05, 0) is 77.3 Å². The third-order valence-electron chi connectivity index (χ3n) is 6.04. The fourth-order valence-electron chi connectivity index (χ4n) is 4.05. The summed E-state index contributed by atoms with van der Waals surface area (Å²) in [5.41, 5.74) is 0.719. The molecule has 0 aliphatic carbocycles. The first-order chi connectivity index (χ1) is 18.8. The summed E-state index contributed by atoms with van der Waals surface area (Å²) in [5, 5.41) is 2.20. The minimum absolute atomic E-state index is 0.193. The van der Waals surface area contributed by atoms with Crippen LogP contribution in [0.1, 0.15) is 68.3 Å². The van der Waals surface area contributed by atoms with Crippen LogP contribution in [0.2, 0.25) is 0 Å². The summed E-state index contributed by atoms with van der Waals surface area (Å²) < 4.78 is 17.1. The second kappa shape index (κ2) is 14.5. The van der Waals surface area contributed by atoms with E-state index in [9.17, 15) is 19.2 Å². The van der Waals surface area contributed by atoms with E-state index in [0.717, 1.165) is 17.7 Å². The number of carbonyl (C=O) groups excluding carboxylic acids is 4. The lowest BCUT2D eigenvalue weighted by molar-refractivity contribution is -0.122. The Kier molecular flexibility index (Phi) is 11.1. The molecule has 0 aromatic heterocycles. The van der Waals surface area contributed by atoms with Crippen molar-refractivity contribution in [3.05, 3.63) is 57.6 Å². The number of nitrogens with one attached hydrogen (secondary N) is 1. The van der Waals surface area contributed by atoms with E-state index in [4.69, 9.17) is 9.47 Å². The molecule has 0 atom stereocenters. The van der Waals surface area contributed by atoms with Crippen LogP contribution in [0.25, 0.3) is 6.08 Å². The van der Waals surface area contributed by atoms with E-state index in [-0.39, 0.29) is 16.8 Å². The fourth-order valence-corrected chi connectivity index (χ4v) is 4.63. The zero-order valence-electron chi connectivity index (χ0n) is 22.4. The minimum Gasteiger partial charge on any atom is -0.490 e. The number of hydrogen-bond donors (Lipinski definition) is 1. The number of carbonyl (C=O) groups is 4. The van der Waals surface area contributed by atoms with E-state index >= 15 is 0 Å². The number of urea groups is 1. The Labute approximate surface area is 236 Å². The number of unbranched alkanes of at least 4 members (excludes halogenated alkanes) is 5. The smallest absolute Gasteiger partial charge is 0.337 e. The molecule has 208 valence electrons. The van der Waals surface area contributed by atoms with Crippen LogP contribution in [0.4, 0.5) is 10.5 Å². The molecule has 0 bridgehead atoms. The van der Waals surface area contributed by atoms with Crippen LogP contribution in [0.5, 0.6) is 11.5 Å². The van der Waals surface area contributed by atoms with Gasteiger partial charge in [-0.25, -0.2) is 14.5 Å². The van der Waals surface area contributed by atoms with Crippen molar-refractivity contribution in [2.75, 3.05) is 25.2 Å². The number of amides is 4. The Balaban J connectivity index is 1.82. The van der Waals surface area contributed by atoms with Gasteiger partial charge in [-0.3, -0.25) is 14.9 Å². The van der Waals surface area contributed by atoms with Gasteiger partial charge in [-0.15, -0.1) is 0 Å². The summed E-state index contributed by atoms with van der Waals surface area (Å²) in [4.78, 5) is 51.0. The van der Waals surface area contributed by atoms with Crippen LogP contribution < -0.4 is 19.7 Å². The van der Waals surface area contributed by atoms with Crippen molar-refractivity contribution in [2.24, 2.45) is 0 Å². The van der Waals surface area contributed by atoms with E-state index in [0.29, 0.717) is 34.7 Å². The molecule has 2 aromatic carbocycles. The second-order valence-corrected chi connectivity index (χ2v) is 9.73. The van der Waals surface area contributed by atoms with Gasteiger partial charge in [0, 0.05) is 0 Å². The van der Waals surface area contributed by atoms with Crippen molar-refractivity contribution in [1.29, 1.82) is 0 Å². The molecule has 10 heteroatoms. The predicted octanol–water partition coefficient (Wildman–Crippen LogP) is 6.04. The van der Waals surface area contributed by atoms with E-state index in [1.165, 1.54) is 63.1 Å². The lowest BCUT2D eigenvalue weighted by atomic mass is 10.1. The third-order valence-corrected chi connectivity index (χ3v) is 6.62. The Morgan fingerprint density at radius 2 is 1.67 bits per heavy atom. The molecule has 0 unspecified atom stereocenters. The molecule has 0 spiro atoms. The van der Waals surface area contributed by atoms with Gasteiger partial charge in [0.05, 0.1) is 36.0 Å². The zero-order chi connectivity index (χ0) is 28.4. The van der Waals surface area contributed by atoms with E-state index in [1.54, 1.807) is 12.1 Å². The fraction of sp³-hybridized carbons (Fsp3) is 0.379. The van der Waals surface area contributed by atoms with Gasteiger partial charge in [0.2, 0.25) is 0 Å². The maximum atomic E-state index is 13.3. The summed E-state index contributed by atoms with van der Waals surface area (Å²) >= 11 is 3.53. The van der Waals surface area contributed by atoms with Crippen LogP contribution >= 0.6 is 15.9 Å². The number of rotatable bonds is 13. The summed E-state index contributed by atoms with van der Waals surface area (Å²) in [7, 11) is 1.25. The van der Waals surface area contributed by atoms with Crippen molar-refractivity contribution in [2.45, 2.75) is 52.4 Å². The lowest BCUT2D eigenvalue weighted by Gasteiger charge is -2.26. The van der Waals surface area contributed by atoms with Crippen molar-refractivity contribution < 1.29 is 33.4 Å². The number of benzene rings is 2. The van der Waals surface area contributed by atoms with Gasteiger partial charge in [0.1, 0.15) is 5.57 Å². The number of barbiturate groups is 1. The van der Waals surface area contributed by atoms with Crippen molar-refractivity contribution in [1.82, 2.24) is 5.32 Å². The Hall–Kier alpha value is -3.66. The molecule has 9 nitrogen and oxygen atoms in total. The summed E-state index contributed by atoms with van der Waals surface area (Å²) in [5.74, 6) is -1.15. The maximum Gasteiger partial charge on any atom is 0.337 e. The van der Waals surface area contributed by atoms with Gasteiger partial charge in [0.15, 0.2) is 11.5 Å². The highest BCUT2D eigenvalue weighted by Gasteiger charge is 2.37. The van der Waals surface area contributed by atoms with Crippen molar-refractivity contribution in [3.63, 3.8) is 0 Å². The molecular weight excluding hydrogens is 568 g/mol. The van der Waals surface area contributed by atoms with Gasteiger partial charge in [-0.2, -0.15) is 0 Å². The number of esters is 1. The van der Waals surface area contributed by atoms with Crippen LogP contribution in [-0.4, -0.2) is 44.1 Å². The molecular formula is C29H33BrN2O7. The number of halogens is 1. The largest absolute Gasteiger partial charge is 0.490 e. The summed E-state index contributed by atoms with van der Waals surface area (Å²) in [6.45, 7) is 4.97. The molecule has 0 radical (unpaired) electrons. The Morgan fingerprint density at radius 3 is 2.33 bits per heavy atom. The molecule has 1 aliphatic rings. The molecule has 2 aromatic rings. The Morgan fingerprint density at radius 1 is 0.974 bits per heavy atom. The van der Waals surface area contributed by atoms with Crippen LogP contribution in [0.3, 0.4) is 0 Å². The van der Waals surface area contributed by atoms with Gasteiger partial charge in [-0.1, -0.05) is 39.0 Å². The third kappa shape index (κ3) is 7.69. The summed E-state index contributed by atoms with van der Waals surface area (Å²) in [6.07, 6.45) is 8.25. The van der Waals surface area contributed by atoms with E-state index in [1.807, 2.05) is 6.92 Å². The highest BCUT2D eigenvalue weighted by molar-refractivity contribution is 9.10. The standard InChI is InChI=1S/C29H33BrN2O7/c1-4-6-7-8-9-10-15-39-25-23(30)17-19(18-24(25)38-5-2)16-22-26(33)31-29(36)32(27(22)34)21-13-11-20(12-14-21)28(35)37-3/h11-14,16-18H,4-10,15H2,1-3H3,(H,31,33,36)/b22-16-. The molecule has 39 heavy (non-hydrogen) atoms. The maximum absolute atomic E-state index is 13.3. The first-order valence-electron chi connectivity index (χ1n) is 13.0. The number of anilines is 1. The minimum atomic E-state index is -0.886. The molecule has 1 saturated heterocycles. The zero-order valence-corrected chi connectivity index (χ0v) is 24.0. The van der Waals surface area contributed by atoms with Crippen molar-refractivity contribution in [3.8, 4) is 11.5 Å². The van der Waals surface area contributed by atoms with Gasteiger partial charge in [0.25, 0.3) is 11.8 Å². The lowest BCUT2D eigenvalue weighted by Crippen LogP contribution is -2.54. The monoisotopic (exact) mass is 600 g/mol. The molecule has 1 fully saturated rings. The highest BCUT2D eigenvalue weighted by Crippen LogP contribution is 2.38.